The van der Waals surface area contributed by atoms with Gasteiger partial charge in [0.2, 0.25) is 5.91 Å². The smallest absolute Gasteiger partial charge is 0.224 e. The summed E-state index contributed by atoms with van der Waals surface area (Å²) in [6.45, 7) is 7.50. The van der Waals surface area contributed by atoms with Gasteiger partial charge >= 0.3 is 0 Å². The van der Waals surface area contributed by atoms with Crippen molar-refractivity contribution in [1.29, 1.82) is 0 Å². The van der Waals surface area contributed by atoms with Crippen LogP contribution in [0.4, 0.5) is 0 Å². The molecule has 5 nitrogen and oxygen atoms in total. The van der Waals surface area contributed by atoms with E-state index in [1.165, 1.54) is 0 Å². The number of aryl methyl sites for hydroxylation is 1. The number of benzene rings is 1. The van der Waals surface area contributed by atoms with Crippen molar-refractivity contribution >= 4 is 16.9 Å². The first-order valence-electron chi connectivity index (χ1n) is 7.48. The number of nitrogens with zero attached hydrogens (tertiary/aromatic N) is 2. The quantitative estimate of drug-likeness (QED) is 0.855. The second-order valence-corrected chi connectivity index (χ2v) is 5.39. The van der Waals surface area contributed by atoms with E-state index < -0.39 is 0 Å². The maximum Gasteiger partial charge on any atom is 0.224 e. The number of nitrogens with one attached hydrogen (secondary N) is 2. The van der Waals surface area contributed by atoms with Gasteiger partial charge in [-0.15, -0.1) is 0 Å². The molecule has 21 heavy (non-hydrogen) atoms. The van der Waals surface area contributed by atoms with Crippen LogP contribution in [0.15, 0.2) is 24.3 Å². The van der Waals surface area contributed by atoms with E-state index in [0.717, 1.165) is 23.4 Å². The topological polar surface area (TPSA) is 59.0 Å². The van der Waals surface area contributed by atoms with Crippen LogP contribution in [0.3, 0.4) is 0 Å². The molecule has 0 bridgehead atoms. The normalized spacial score (nSPS) is 14.1. The van der Waals surface area contributed by atoms with Crippen LogP contribution >= 0.6 is 0 Å². The fourth-order valence-corrected chi connectivity index (χ4v) is 2.58. The molecule has 0 saturated carbocycles. The van der Waals surface area contributed by atoms with Gasteiger partial charge in [0.1, 0.15) is 5.82 Å². The average Bonchev–Trinajstić information content (AvgIpc) is 2.86. The first-order valence-corrected chi connectivity index (χ1v) is 7.48. The van der Waals surface area contributed by atoms with Crippen LogP contribution in [0.5, 0.6) is 0 Å². The third-order valence-electron chi connectivity index (χ3n) is 3.70. The summed E-state index contributed by atoms with van der Waals surface area (Å²) in [6, 6.07) is 7.95. The number of aromatic nitrogens is 2. The zero-order chi connectivity index (χ0) is 15.4. The fraction of sp³-hybridized carbons (Fsp3) is 0.500. The van der Waals surface area contributed by atoms with Crippen molar-refractivity contribution < 1.29 is 4.79 Å². The molecule has 0 aliphatic heterocycles. The Morgan fingerprint density at radius 1 is 1.33 bits per heavy atom. The van der Waals surface area contributed by atoms with Crippen LogP contribution < -0.4 is 10.6 Å². The van der Waals surface area contributed by atoms with Gasteiger partial charge in [-0.3, -0.25) is 4.79 Å². The number of rotatable bonds is 6. The predicted octanol–water partition coefficient (Wildman–Crippen LogP) is 2.09. The second kappa shape index (κ2) is 6.72. The van der Waals surface area contributed by atoms with E-state index in [1.807, 2.05) is 39.1 Å². The summed E-state index contributed by atoms with van der Waals surface area (Å²) >= 11 is 0. The highest BCUT2D eigenvalue weighted by Gasteiger charge is 2.20. The predicted molar refractivity (Wildman–Crippen MR) is 85.1 cm³/mol. The highest BCUT2D eigenvalue weighted by molar-refractivity contribution is 5.79. The third-order valence-corrected chi connectivity index (χ3v) is 3.70. The minimum atomic E-state index is -0.107. The van der Waals surface area contributed by atoms with E-state index in [4.69, 9.17) is 0 Å². The van der Waals surface area contributed by atoms with Gasteiger partial charge in [0, 0.05) is 19.0 Å². The molecule has 2 N–H and O–H groups in total. The third kappa shape index (κ3) is 3.24. The molecule has 0 radical (unpaired) electrons. The molecule has 5 heteroatoms. The number of carbonyl (C=O) groups is 1. The largest absolute Gasteiger partial charge is 0.346 e. The molecule has 0 fully saturated rings. The number of amides is 1. The molecule has 2 rings (SSSR count). The lowest BCUT2D eigenvalue weighted by Gasteiger charge is -2.18. The minimum Gasteiger partial charge on any atom is -0.346 e. The van der Waals surface area contributed by atoms with Gasteiger partial charge in [-0.25, -0.2) is 4.98 Å². The zero-order valence-corrected chi connectivity index (χ0v) is 13.2. The molecule has 1 aromatic carbocycles. The van der Waals surface area contributed by atoms with Crippen molar-refractivity contribution in [2.75, 3.05) is 13.6 Å². The first-order chi connectivity index (χ1) is 10.1. The molecule has 1 amide bonds. The van der Waals surface area contributed by atoms with Gasteiger partial charge in [-0.2, -0.15) is 0 Å². The van der Waals surface area contributed by atoms with Crippen molar-refractivity contribution in [3.8, 4) is 0 Å². The molecule has 0 spiro atoms. The minimum absolute atomic E-state index is 0.0477. The second-order valence-electron chi connectivity index (χ2n) is 5.39. The molecule has 1 aromatic heterocycles. The molecular weight excluding hydrogens is 264 g/mol. The Labute approximate surface area is 125 Å². The van der Waals surface area contributed by atoms with Crippen LogP contribution in [-0.4, -0.2) is 29.1 Å². The summed E-state index contributed by atoms with van der Waals surface area (Å²) in [6.07, 6.45) is 0. The van der Waals surface area contributed by atoms with Gasteiger partial charge in [0.05, 0.1) is 17.1 Å². The molecule has 114 valence electrons. The Bertz CT molecular complexity index is 620. The molecule has 2 atom stereocenters. The monoisotopic (exact) mass is 288 g/mol. The van der Waals surface area contributed by atoms with E-state index >= 15 is 0 Å². The average molecular weight is 288 g/mol. The first kappa shape index (κ1) is 15.5. The number of carbonyl (C=O) groups excluding carboxylic acids is 1. The summed E-state index contributed by atoms with van der Waals surface area (Å²) in [7, 11) is 1.85. The van der Waals surface area contributed by atoms with Crippen molar-refractivity contribution in [3.63, 3.8) is 0 Å². The van der Waals surface area contributed by atoms with Crippen molar-refractivity contribution in [1.82, 2.24) is 20.2 Å². The molecule has 2 unspecified atom stereocenters. The summed E-state index contributed by atoms with van der Waals surface area (Å²) in [5.74, 6) is 0.896. The highest BCUT2D eigenvalue weighted by atomic mass is 16.1. The molecule has 1 heterocycles. The molecule has 0 aliphatic carbocycles. The Morgan fingerprint density at radius 2 is 2.05 bits per heavy atom. The Kier molecular flexibility index (Phi) is 4.96. The van der Waals surface area contributed by atoms with Gasteiger partial charge in [0.15, 0.2) is 0 Å². The van der Waals surface area contributed by atoms with Gasteiger partial charge in [0.25, 0.3) is 0 Å². The Morgan fingerprint density at radius 3 is 2.71 bits per heavy atom. The fourth-order valence-electron chi connectivity index (χ4n) is 2.58. The molecule has 0 aliphatic rings. The maximum atomic E-state index is 12.1. The lowest BCUT2D eigenvalue weighted by Crippen LogP contribution is -2.36. The van der Waals surface area contributed by atoms with E-state index in [1.54, 1.807) is 0 Å². The molecule has 2 aromatic rings. The highest BCUT2D eigenvalue weighted by Crippen LogP contribution is 2.20. The lowest BCUT2D eigenvalue weighted by molar-refractivity contribution is -0.125. The van der Waals surface area contributed by atoms with Gasteiger partial charge in [-0.1, -0.05) is 19.1 Å². The van der Waals surface area contributed by atoms with E-state index in [0.29, 0.717) is 6.54 Å². The maximum absolute atomic E-state index is 12.1. The van der Waals surface area contributed by atoms with Gasteiger partial charge < -0.3 is 15.2 Å². The SMILES string of the molecule is CCn1c(C(C)NC(=O)C(C)CNC)nc2ccccc21. The van der Waals surface area contributed by atoms with Gasteiger partial charge in [-0.05, 0) is 33.0 Å². The van der Waals surface area contributed by atoms with Crippen LogP contribution in [0, 0.1) is 5.92 Å². The number of hydrogen-bond acceptors (Lipinski definition) is 3. The standard InChI is InChI=1S/C16H24N4O/c1-5-20-14-9-7-6-8-13(14)19-15(20)12(3)18-16(21)11(2)10-17-4/h6-9,11-12,17H,5,10H2,1-4H3,(H,18,21). The lowest BCUT2D eigenvalue weighted by atomic mass is 10.1. The summed E-state index contributed by atoms with van der Waals surface area (Å²) < 4.78 is 2.16. The zero-order valence-electron chi connectivity index (χ0n) is 13.2. The summed E-state index contributed by atoms with van der Waals surface area (Å²) in [5, 5.41) is 6.08. The van der Waals surface area contributed by atoms with Crippen molar-refractivity contribution in [3.05, 3.63) is 30.1 Å². The van der Waals surface area contributed by atoms with Crippen molar-refractivity contribution in [2.24, 2.45) is 5.92 Å². The summed E-state index contributed by atoms with van der Waals surface area (Å²) in [5.41, 5.74) is 2.08. The Hall–Kier alpha value is -1.88. The number of para-hydroxylation sites is 2. The van der Waals surface area contributed by atoms with Crippen LogP contribution in [0.25, 0.3) is 11.0 Å². The number of imidazole rings is 1. The number of fused-ring (bicyclic) bond motifs is 1. The Balaban J connectivity index is 2.23. The van der Waals surface area contributed by atoms with Crippen LogP contribution in [0.1, 0.15) is 32.6 Å². The summed E-state index contributed by atoms with van der Waals surface area (Å²) in [4.78, 5) is 16.8. The number of hydrogen-bond donors (Lipinski definition) is 2. The van der Waals surface area contributed by atoms with E-state index in [2.05, 4.69) is 33.2 Å². The molecular formula is C16H24N4O. The molecule has 0 saturated heterocycles. The van der Waals surface area contributed by atoms with Crippen LogP contribution in [0.2, 0.25) is 0 Å². The van der Waals surface area contributed by atoms with Crippen molar-refractivity contribution in [2.45, 2.75) is 33.4 Å². The van der Waals surface area contributed by atoms with Crippen LogP contribution in [-0.2, 0) is 11.3 Å². The van der Waals surface area contributed by atoms with E-state index in [9.17, 15) is 4.79 Å². The van der Waals surface area contributed by atoms with E-state index in [-0.39, 0.29) is 17.9 Å².